The molecule has 0 aromatic rings. The maximum atomic E-state index is 11.5. The minimum Gasteiger partial charge on any atom is -0.444 e. The topological polar surface area (TPSA) is 61.8 Å². The molecular weight excluding hydrogens is 220 g/mol. The van der Waals surface area contributed by atoms with Crippen LogP contribution in [0.3, 0.4) is 0 Å². The van der Waals surface area contributed by atoms with Crippen LogP contribution < -0.4 is 5.32 Å². The summed E-state index contributed by atoms with van der Waals surface area (Å²) in [5.74, 6) is 0. The molecule has 17 heavy (non-hydrogen) atoms. The van der Waals surface area contributed by atoms with Crippen LogP contribution in [-0.2, 0) is 4.74 Å². The van der Waals surface area contributed by atoms with E-state index in [4.69, 9.17) is 9.84 Å². The number of nitrogens with zero attached hydrogens (tertiary/aromatic N) is 1. The smallest absolute Gasteiger partial charge is 0.411 e. The summed E-state index contributed by atoms with van der Waals surface area (Å²) >= 11 is 0. The van der Waals surface area contributed by atoms with Gasteiger partial charge in [-0.3, -0.25) is 5.32 Å². The third-order valence-electron chi connectivity index (χ3n) is 2.02. The Bertz CT molecular complexity index is 329. The lowest BCUT2D eigenvalue weighted by Crippen LogP contribution is -2.36. The Kier molecular flexibility index (Phi) is 4.57. The molecule has 0 saturated carbocycles. The molecule has 1 heterocycles. The second-order valence-electron chi connectivity index (χ2n) is 4.85. The number of hydrogen-bond donors (Lipinski definition) is 2. The van der Waals surface area contributed by atoms with Crippen molar-refractivity contribution < 1.29 is 14.6 Å². The van der Waals surface area contributed by atoms with Gasteiger partial charge in [0.15, 0.2) is 0 Å². The van der Waals surface area contributed by atoms with Crippen LogP contribution in [0.1, 0.15) is 20.8 Å². The summed E-state index contributed by atoms with van der Waals surface area (Å²) in [7, 11) is 0. The molecule has 0 spiro atoms. The monoisotopic (exact) mass is 240 g/mol. The number of aliphatic hydroxyl groups excluding tert-OH is 1. The molecule has 0 radical (unpaired) electrons. The first-order valence-electron chi connectivity index (χ1n) is 5.63. The standard InChI is InChI=1S/C12H20N2O3/c1-12(2,3)17-11(16)13-10-5-4-6-14(9-10)7-8-15/h4-6,15H,7-9H2,1-3H3,(H,13,16). The third kappa shape index (κ3) is 5.40. The normalized spacial score (nSPS) is 15.5. The Morgan fingerprint density at radius 1 is 1.59 bits per heavy atom. The first kappa shape index (κ1) is 13.6. The zero-order valence-corrected chi connectivity index (χ0v) is 10.6. The van der Waals surface area contributed by atoms with Crippen molar-refractivity contribution in [2.24, 2.45) is 0 Å². The second kappa shape index (κ2) is 5.72. The maximum absolute atomic E-state index is 11.5. The van der Waals surface area contributed by atoms with Crippen LogP contribution >= 0.6 is 0 Å². The molecule has 5 heteroatoms. The van der Waals surface area contributed by atoms with E-state index in [1.807, 2.05) is 44.0 Å². The Morgan fingerprint density at radius 2 is 2.29 bits per heavy atom. The summed E-state index contributed by atoms with van der Waals surface area (Å²) in [6, 6.07) is 0. The van der Waals surface area contributed by atoms with E-state index in [1.54, 1.807) is 0 Å². The highest BCUT2D eigenvalue weighted by atomic mass is 16.6. The Labute approximate surface area is 102 Å². The molecule has 0 aliphatic carbocycles. The lowest BCUT2D eigenvalue weighted by atomic mass is 10.2. The van der Waals surface area contributed by atoms with Crippen LogP contribution in [0.5, 0.6) is 0 Å². The molecule has 0 unspecified atom stereocenters. The Balaban J connectivity index is 2.45. The predicted octanol–water partition coefficient (Wildman–Crippen LogP) is 1.22. The quantitative estimate of drug-likeness (QED) is 0.778. The van der Waals surface area contributed by atoms with Crippen molar-refractivity contribution in [3.63, 3.8) is 0 Å². The summed E-state index contributed by atoms with van der Waals surface area (Å²) in [6.45, 7) is 6.66. The van der Waals surface area contributed by atoms with E-state index in [0.29, 0.717) is 13.1 Å². The van der Waals surface area contributed by atoms with E-state index in [2.05, 4.69) is 5.32 Å². The fraction of sp³-hybridized carbons (Fsp3) is 0.583. The van der Waals surface area contributed by atoms with E-state index < -0.39 is 11.7 Å². The number of rotatable bonds is 3. The summed E-state index contributed by atoms with van der Waals surface area (Å²) in [4.78, 5) is 13.4. The number of allylic oxidation sites excluding steroid dienone is 2. The second-order valence-corrected chi connectivity index (χ2v) is 4.85. The molecule has 0 aromatic carbocycles. The van der Waals surface area contributed by atoms with Gasteiger partial charge in [0.2, 0.25) is 0 Å². The van der Waals surface area contributed by atoms with Gasteiger partial charge in [0.25, 0.3) is 0 Å². The van der Waals surface area contributed by atoms with Gasteiger partial charge < -0.3 is 14.7 Å². The number of β-amino-alcohol motifs (C(OH)–C–C–N with tert-alkyl or cyclic N) is 1. The molecule has 0 bridgehead atoms. The molecule has 1 rings (SSSR count). The van der Waals surface area contributed by atoms with Gasteiger partial charge in [-0.1, -0.05) is 0 Å². The molecule has 2 N–H and O–H groups in total. The molecule has 0 aromatic heterocycles. The van der Waals surface area contributed by atoms with Gasteiger partial charge >= 0.3 is 6.09 Å². The average Bonchev–Trinajstić information content (AvgIpc) is 2.15. The molecule has 0 atom stereocenters. The SMILES string of the molecule is CC(C)(C)OC(=O)NC1=CC=CN(CCO)C1. The minimum absolute atomic E-state index is 0.0874. The number of carbonyl (C=O) groups is 1. The van der Waals surface area contributed by atoms with Crippen LogP contribution in [0, 0.1) is 0 Å². The predicted molar refractivity (Wildman–Crippen MR) is 65.3 cm³/mol. The van der Waals surface area contributed by atoms with Gasteiger partial charge in [-0.05, 0) is 39.1 Å². The summed E-state index contributed by atoms with van der Waals surface area (Å²) in [5, 5.41) is 11.5. The highest BCUT2D eigenvalue weighted by molar-refractivity contribution is 5.70. The van der Waals surface area contributed by atoms with Crippen LogP contribution in [0.25, 0.3) is 0 Å². The number of nitrogens with one attached hydrogen (secondary N) is 1. The number of alkyl carbamates (subject to hydrolysis) is 1. The van der Waals surface area contributed by atoms with Crippen LogP contribution in [0.2, 0.25) is 0 Å². The summed E-state index contributed by atoms with van der Waals surface area (Å²) in [5.41, 5.74) is 0.259. The van der Waals surface area contributed by atoms with Crippen molar-refractivity contribution in [1.29, 1.82) is 0 Å². The van der Waals surface area contributed by atoms with Crippen molar-refractivity contribution in [2.75, 3.05) is 19.7 Å². The summed E-state index contributed by atoms with van der Waals surface area (Å²) in [6.07, 6.45) is 5.06. The highest BCUT2D eigenvalue weighted by Gasteiger charge is 2.17. The fourth-order valence-corrected chi connectivity index (χ4v) is 1.40. The molecule has 1 aliphatic rings. The Hall–Kier alpha value is -1.49. The van der Waals surface area contributed by atoms with E-state index in [9.17, 15) is 4.79 Å². The summed E-state index contributed by atoms with van der Waals surface area (Å²) < 4.78 is 5.15. The largest absolute Gasteiger partial charge is 0.444 e. The molecule has 0 saturated heterocycles. The van der Waals surface area contributed by atoms with Crippen LogP contribution in [-0.4, -0.2) is 41.4 Å². The fourth-order valence-electron chi connectivity index (χ4n) is 1.40. The van der Waals surface area contributed by atoms with Crippen molar-refractivity contribution in [2.45, 2.75) is 26.4 Å². The van der Waals surface area contributed by atoms with Gasteiger partial charge in [0, 0.05) is 12.2 Å². The molecular formula is C12H20N2O3. The van der Waals surface area contributed by atoms with Crippen LogP contribution in [0.4, 0.5) is 4.79 Å². The molecule has 1 aliphatic heterocycles. The zero-order chi connectivity index (χ0) is 12.9. The minimum atomic E-state index is -0.500. The molecule has 1 amide bonds. The first-order chi connectivity index (χ1) is 7.90. The lowest BCUT2D eigenvalue weighted by molar-refractivity contribution is 0.0542. The van der Waals surface area contributed by atoms with E-state index in [-0.39, 0.29) is 6.61 Å². The number of amides is 1. The van der Waals surface area contributed by atoms with Gasteiger partial charge in [0.05, 0.1) is 13.2 Å². The first-order valence-corrected chi connectivity index (χ1v) is 5.63. The highest BCUT2D eigenvalue weighted by Crippen LogP contribution is 2.09. The molecule has 0 fully saturated rings. The third-order valence-corrected chi connectivity index (χ3v) is 2.02. The van der Waals surface area contributed by atoms with Gasteiger partial charge in [-0.15, -0.1) is 0 Å². The van der Waals surface area contributed by atoms with Crippen molar-refractivity contribution >= 4 is 6.09 Å². The number of hydrogen-bond acceptors (Lipinski definition) is 4. The van der Waals surface area contributed by atoms with Crippen LogP contribution in [0.15, 0.2) is 24.0 Å². The molecule has 96 valence electrons. The van der Waals surface area contributed by atoms with Crippen molar-refractivity contribution in [3.8, 4) is 0 Å². The Morgan fingerprint density at radius 3 is 2.88 bits per heavy atom. The van der Waals surface area contributed by atoms with Gasteiger partial charge in [-0.2, -0.15) is 0 Å². The number of aliphatic hydroxyl groups is 1. The van der Waals surface area contributed by atoms with E-state index in [1.165, 1.54) is 0 Å². The van der Waals surface area contributed by atoms with E-state index >= 15 is 0 Å². The van der Waals surface area contributed by atoms with Crippen molar-refractivity contribution in [1.82, 2.24) is 10.2 Å². The average molecular weight is 240 g/mol. The number of ether oxygens (including phenoxy) is 1. The molecule has 5 nitrogen and oxygen atoms in total. The lowest BCUT2D eigenvalue weighted by Gasteiger charge is -2.25. The van der Waals surface area contributed by atoms with Gasteiger partial charge in [0.1, 0.15) is 5.60 Å². The van der Waals surface area contributed by atoms with Crippen molar-refractivity contribution in [3.05, 3.63) is 24.0 Å². The van der Waals surface area contributed by atoms with E-state index in [0.717, 1.165) is 5.70 Å². The van der Waals surface area contributed by atoms with Gasteiger partial charge in [-0.25, -0.2) is 4.79 Å². The number of carbonyl (C=O) groups excluding carboxylic acids is 1. The maximum Gasteiger partial charge on any atom is 0.411 e. The zero-order valence-electron chi connectivity index (χ0n) is 10.6.